The van der Waals surface area contributed by atoms with Crippen LogP contribution in [0.4, 0.5) is 26.3 Å². The first-order valence-electron chi connectivity index (χ1n) is 3.99. The van der Waals surface area contributed by atoms with Gasteiger partial charge in [0.1, 0.15) is 0 Å². The monoisotopic (exact) mass is 218 g/mol. The van der Waals surface area contributed by atoms with Crippen molar-refractivity contribution < 1.29 is 26.3 Å². The highest BCUT2D eigenvalue weighted by atomic mass is 19.4. The van der Waals surface area contributed by atoms with E-state index in [4.69, 9.17) is 0 Å². The molecule has 0 aliphatic heterocycles. The average molecular weight is 218 g/mol. The second-order valence-corrected chi connectivity index (χ2v) is 3.29. The molecule has 1 aliphatic carbocycles. The van der Waals surface area contributed by atoms with Crippen LogP contribution in [0.1, 0.15) is 19.3 Å². The zero-order valence-corrected chi connectivity index (χ0v) is 7.04. The molecule has 0 spiro atoms. The van der Waals surface area contributed by atoms with E-state index in [1.807, 2.05) is 0 Å². The Balaban J connectivity index is 3.09. The molecule has 1 rings (SSSR count). The van der Waals surface area contributed by atoms with Gasteiger partial charge in [-0.1, -0.05) is 12.2 Å². The normalized spacial score (nSPS) is 22.4. The predicted octanol–water partition coefficient (Wildman–Crippen LogP) is 3.84. The van der Waals surface area contributed by atoms with Crippen molar-refractivity contribution in [2.45, 2.75) is 31.6 Å². The molecular weight excluding hydrogens is 210 g/mol. The summed E-state index contributed by atoms with van der Waals surface area (Å²) in [4.78, 5) is 0. The van der Waals surface area contributed by atoms with Crippen LogP contribution in [0, 0.1) is 5.41 Å². The third-order valence-corrected chi connectivity index (χ3v) is 2.46. The topological polar surface area (TPSA) is 0 Å². The van der Waals surface area contributed by atoms with Crippen molar-refractivity contribution in [3.8, 4) is 0 Å². The van der Waals surface area contributed by atoms with Crippen LogP contribution in [-0.2, 0) is 0 Å². The largest absolute Gasteiger partial charge is 0.403 e. The number of alkyl halides is 6. The van der Waals surface area contributed by atoms with Crippen molar-refractivity contribution in [1.82, 2.24) is 0 Å². The molecule has 1 aliphatic rings. The van der Waals surface area contributed by atoms with Gasteiger partial charge in [-0.2, -0.15) is 26.3 Å². The molecule has 0 aromatic rings. The molecule has 0 aromatic carbocycles. The highest BCUT2D eigenvalue weighted by Gasteiger charge is 2.69. The Morgan fingerprint density at radius 3 is 1.57 bits per heavy atom. The SMILES string of the molecule is FC(F)(F)C1(C(F)(F)F)CC=CCC1. The molecule has 0 bridgehead atoms. The minimum Gasteiger partial charge on any atom is -0.170 e. The van der Waals surface area contributed by atoms with Crippen LogP contribution in [0.5, 0.6) is 0 Å². The molecule has 0 unspecified atom stereocenters. The van der Waals surface area contributed by atoms with E-state index in [0.29, 0.717) is 0 Å². The van der Waals surface area contributed by atoms with E-state index in [1.54, 1.807) is 0 Å². The molecule has 0 heterocycles. The maximum absolute atomic E-state index is 12.3. The Hall–Kier alpha value is -0.680. The number of halogens is 6. The summed E-state index contributed by atoms with van der Waals surface area (Å²) >= 11 is 0. The molecule has 0 saturated carbocycles. The molecule has 82 valence electrons. The smallest absolute Gasteiger partial charge is 0.170 e. The van der Waals surface area contributed by atoms with Crippen molar-refractivity contribution in [2.75, 3.05) is 0 Å². The summed E-state index contributed by atoms with van der Waals surface area (Å²) < 4.78 is 74.0. The lowest BCUT2D eigenvalue weighted by atomic mass is 9.75. The van der Waals surface area contributed by atoms with Crippen molar-refractivity contribution in [2.24, 2.45) is 5.41 Å². The molecule has 14 heavy (non-hydrogen) atoms. The summed E-state index contributed by atoms with van der Waals surface area (Å²) in [6, 6.07) is 0. The van der Waals surface area contributed by atoms with Gasteiger partial charge in [0.05, 0.1) is 0 Å². The van der Waals surface area contributed by atoms with Gasteiger partial charge >= 0.3 is 12.4 Å². The first-order valence-corrected chi connectivity index (χ1v) is 3.99. The van der Waals surface area contributed by atoms with E-state index in [1.165, 1.54) is 6.08 Å². The van der Waals surface area contributed by atoms with Crippen LogP contribution in [0.25, 0.3) is 0 Å². The lowest BCUT2D eigenvalue weighted by Gasteiger charge is -2.38. The summed E-state index contributed by atoms with van der Waals surface area (Å²) in [6.07, 6.45) is -10.2. The number of allylic oxidation sites excluding steroid dienone is 2. The van der Waals surface area contributed by atoms with Gasteiger partial charge in [0.15, 0.2) is 5.41 Å². The van der Waals surface area contributed by atoms with Gasteiger partial charge in [-0.25, -0.2) is 0 Å². The molecule has 0 saturated heterocycles. The summed E-state index contributed by atoms with van der Waals surface area (Å²) in [5.41, 5.74) is -3.53. The molecule has 0 radical (unpaired) electrons. The van der Waals surface area contributed by atoms with Gasteiger partial charge in [-0.3, -0.25) is 0 Å². The molecule has 0 atom stereocenters. The molecule has 6 heteroatoms. The molecular formula is C8H8F6. The second kappa shape index (κ2) is 3.17. The van der Waals surface area contributed by atoms with Crippen LogP contribution in [-0.4, -0.2) is 12.4 Å². The minimum absolute atomic E-state index is 0.182. The zero-order chi connectivity index (χ0) is 11.0. The van der Waals surface area contributed by atoms with E-state index in [0.717, 1.165) is 6.08 Å². The van der Waals surface area contributed by atoms with E-state index in [9.17, 15) is 26.3 Å². The van der Waals surface area contributed by atoms with Crippen LogP contribution < -0.4 is 0 Å². The maximum atomic E-state index is 12.3. The van der Waals surface area contributed by atoms with Crippen molar-refractivity contribution in [3.63, 3.8) is 0 Å². The fourth-order valence-electron chi connectivity index (χ4n) is 1.51. The van der Waals surface area contributed by atoms with Gasteiger partial charge < -0.3 is 0 Å². The van der Waals surface area contributed by atoms with Gasteiger partial charge in [0, 0.05) is 0 Å². The number of hydrogen-bond donors (Lipinski definition) is 0. The quantitative estimate of drug-likeness (QED) is 0.428. The van der Waals surface area contributed by atoms with Crippen LogP contribution >= 0.6 is 0 Å². The fraction of sp³-hybridized carbons (Fsp3) is 0.750. The minimum atomic E-state index is -5.23. The third kappa shape index (κ3) is 1.62. The number of rotatable bonds is 0. The van der Waals surface area contributed by atoms with Crippen molar-refractivity contribution in [1.29, 1.82) is 0 Å². The Labute approximate surface area is 76.6 Å². The maximum Gasteiger partial charge on any atom is 0.403 e. The molecule has 0 aromatic heterocycles. The predicted molar refractivity (Wildman–Crippen MR) is 37.5 cm³/mol. The zero-order valence-electron chi connectivity index (χ0n) is 7.04. The lowest BCUT2D eigenvalue weighted by Crippen LogP contribution is -2.50. The van der Waals surface area contributed by atoms with E-state index in [2.05, 4.69) is 0 Å². The standard InChI is InChI=1S/C8H8F6/c9-7(10,11)6(8(12,13)14)4-2-1-3-5-6/h1-2H,3-5H2. The lowest BCUT2D eigenvalue weighted by molar-refractivity contribution is -0.343. The average Bonchev–Trinajstić information content (AvgIpc) is 2.02. The molecule has 0 fully saturated rings. The Bertz CT molecular complexity index is 219. The molecule has 0 nitrogen and oxygen atoms in total. The van der Waals surface area contributed by atoms with E-state index in [-0.39, 0.29) is 6.42 Å². The summed E-state index contributed by atoms with van der Waals surface area (Å²) in [5, 5.41) is 0. The Morgan fingerprint density at radius 2 is 1.36 bits per heavy atom. The summed E-state index contributed by atoms with van der Waals surface area (Å²) in [5.74, 6) is 0. The Morgan fingerprint density at radius 1 is 0.857 bits per heavy atom. The second-order valence-electron chi connectivity index (χ2n) is 3.29. The van der Waals surface area contributed by atoms with Crippen molar-refractivity contribution in [3.05, 3.63) is 12.2 Å². The number of hydrogen-bond acceptors (Lipinski definition) is 0. The van der Waals surface area contributed by atoms with Gasteiger partial charge in [0.2, 0.25) is 0 Å². The fourth-order valence-corrected chi connectivity index (χ4v) is 1.51. The van der Waals surface area contributed by atoms with Crippen molar-refractivity contribution >= 4 is 0 Å². The van der Waals surface area contributed by atoms with Crippen LogP contribution in [0.2, 0.25) is 0 Å². The molecule has 0 amide bonds. The first-order chi connectivity index (χ1) is 6.21. The third-order valence-electron chi connectivity index (χ3n) is 2.46. The van der Waals surface area contributed by atoms with Crippen LogP contribution in [0.3, 0.4) is 0 Å². The van der Waals surface area contributed by atoms with Gasteiger partial charge in [-0.15, -0.1) is 0 Å². The first kappa shape index (κ1) is 11.4. The highest BCUT2D eigenvalue weighted by Crippen LogP contribution is 2.56. The van der Waals surface area contributed by atoms with E-state index < -0.39 is 30.6 Å². The Kier molecular flexibility index (Phi) is 2.58. The van der Waals surface area contributed by atoms with Crippen LogP contribution in [0.15, 0.2) is 12.2 Å². The highest BCUT2D eigenvalue weighted by molar-refractivity contribution is 5.04. The molecule has 0 N–H and O–H groups in total. The summed E-state index contributed by atoms with van der Waals surface area (Å²) in [7, 11) is 0. The summed E-state index contributed by atoms with van der Waals surface area (Å²) in [6.45, 7) is 0. The van der Waals surface area contributed by atoms with Gasteiger partial charge in [0.25, 0.3) is 0 Å². The van der Waals surface area contributed by atoms with E-state index >= 15 is 0 Å². The van der Waals surface area contributed by atoms with Gasteiger partial charge in [-0.05, 0) is 19.3 Å².